The minimum atomic E-state index is 0.739. The molecule has 0 unspecified atom stereocenters. The first-order valence-electron chi connectivity index (χ1n) is 11.2. The van der Waals surface area contributed by atoms with Gasteiger partial charge >= 0.3 is 0 Å². The van der Waals surface area contributed by atoms with Crippen molar-refractivity contribution in [3.63, 3.8) is 0 Å². The normalized spacial score (nSPS) is 14.0. The summed E-state index contributed by atoms with van der Waals surface area (Å²) < 4.78 is 0. The number of aliphatic imine (C=N–C) groups is 2. The molecule has 1 aliphatic rings. The Labute approximate surface area is 193 Å². The van der Waals surface area contributed by atoms with Crippen molar-refractivity contribution >= 4 is 28.1 Å². The van der Waals surface area contributed by atoms with E-state index >= 15 is 0 Å². The Morgan fingerprint density at radius 2 is 1.18 bits per heavy atom. The number of rotatable bonds is 3. The molecule has 0 aliphatic carbocycles. The van der Waals surface area contributed by atoms with Crippen molar-refractivity contribution in [3.8, 4) is 11.3 Å². The number of nitrogens with one attached hydrogen (secondary N) is 1. The maximum atomic E-state index is 5.06. The van der Waals surface area contributed by atoms with Gasteiger partial charge in [-0.05, 0) is 19.4 Å². The van der Waals surface area contributed by atoms with Gasteiger partial charge in [0.25, 0.3) is 0 Å². The first-order valence-corrected chi connectivity index (χ1v) is 11.2. The Bertz CT molecular complexity index is 1550. The fourth-order valence-corrected chi connectivity index (χ4v) is 4.43. The summed E-state index contributed by atoms with van der Waals surface area (Å²) in [6.45, 7) is 4.21. The van der Waals surface area contributed by atoms with E-state index in [0.717, 1.165) is 56.1 Å². The van der Waals surface area contributed by atoms with Crippen LogP contribution in [0.15, 0.2) is 107 Å². The maximum absolute atomic E-state index is 5.06. The number of hydrogen-bond acceptors (Lipinski definition) is 1. The van der Waals surface area contributed by atoms with Crippen LogP contribution in [0.1, 0.15) is 27.8 Å². The number of aromatic nitrogens is 1. The third-order valence-corrected chi connectivity index (χ3v) is 6.22. The highest BCUT2D eigenvalue weighted by atomic mass is 15.0. The van der Waals surface area contributed by atoms with E-state index < -0.39 is 0 Å². The summed E-state index contributed by atoms with van der Waals surface area (Å²) in [7, 11) is 0. The molecule has 0 radical (unpaired) electrons. The highest BCUT2D eigenvalue weighted by Gasteiger charge is 2.23. The van der Waals surface area contributed by atoms with Gasteiger partial charge in [-0.3, -0.25) is 0 Å². The van der Waals surface area contributed by atoms with Gasteiger partial charge in [0.1, 0.15) is 5.82 Å². The molecule has 0 atom stereocenters. The molecule has 3 heteroatoms. The molecule has 5 aromatic rings. The molecule has 1 aliphatic heterocycles. The minimum Gasteiger partial charge on any atom is -0.339 e. The van der Waals surface area contributed by atoms with Gasteiger partial charge in [0.2, 0.25) is 0 Å². The number of amidine groups is 1. The van der Waals surface area contributed by atoms with Crippen LogP contribution in [0.3, 0.4) is 0 Å². The number of benzene rings is 4. The topological polar surface area (TPSA) is 40.5 Å². The fourth-order valence-electron chi connectivity index (χ4n) is 4.43. The van der Waals surface area contributed by atoms with Crippen molar-refractivity contribution < 1.29 is 0 Å². The third-order valence-electron chi connectivity index (χ3n) is 6.22. The molecule has 0 saturated heterocycles. The molecule has 4 aromatic carbocycles. The lowest BCUT2D eigenvalue weighted by Crippen LogP contribution is -2.00. The third kappa shape index (κ3) is 3.39. The Hall–Kier alpha value is -4.24. The summed E-state index contributed by atoms with van der Waals surface area (Å²) in [5.41, 5.74) is 8.97. The SMILES string of the molecule is Cc1ccc(C2=N/C(=N/c3[nH]c(-c4ccc(C)cc4)c4ccccc34)c3ccccc32)cc1. The molecule has 0 bridgehead atoms. The van der Waals surface area contributed by atoms with Gasteiger partial charge in [0, 0.05) is 27.5 Å². The van der Waals surface area contributed by atoms with Crippen LogP contribution in [0.4, 0.5) is 5.82 Å². The zero-order chi connectivity index (χ0) is 22.4. The Balaban J connectivity index is 1.53. The zero-order valence-electron chi connectivity index (χ0n) is 18.6. The van der Waals surface area contributed by atoms with E-state index in [0.29, 0.717) is 0 Å². The highest BCUT2D eigenvalue weighted by Crippen LogP contribution is 2.36. The molecule has 3 nitrogen and oxygen atoms in total. The fraction of sp³-hybridized carbons (Fsp3) is 0.0667. The van der Waals surface area contributed by atoms with Crippen molar-refractivity contribution in [2.75, 3.05) is 0 Å². The molecule has 0 fully saturated rings. The lowest BCUT2D eigenvalue weighted by atomic mass is 9.99. The van der Waals surface area contributed by atoms with E-state index in [4.69, 9.17) is 9.98 Å². The second kappa shape index (κ2) is 7.72. The smallest absolute Gasteiger partial charge is 0.162 e. The van der Waals surface area contributed by atoms with Crippen LogP contribution < -0.4 is 0 Å². The van der Waals surface area contributed by atoms with Crippen molar-refractivity contribution in [2.45, 2.75) is 13.8 Å². The average Bonchev–Trinajstić information content (AvgIpc) is 3.40. The van der Waals surface area contributed by atoms with Crippen LogP contribution >= 0.6 is 0 Å². The average molecular weight is 426 g/mol. The van der Waals surface area contributed by atoms with E-state index in [9.17, 15) is 0 Å². The minimum absolute atomic E-state index is 0.739. The van der Waals surface area contributed by atoms with Gasteiger partial charge in [-0.1, -0.05) is 108 Å². The van der Waals surface area contributed by atoms with Crippen LogP contribution in [0.2, 0.25) is 0 Å². The van der Waals surface area contributed by atoms with Gasteiger partial charge in [-0.25, -0.2) is 9.98 Å². The molecular weight excluding hydrogens is 402 g/mol. The number of hydrogen-bond donors (Lipinski definition) is 1. The lowest BCUT2D eigenvalue weighted by Gasteiger charge is -2.03. The Kier molecular flexibility index (Phi) is 4.55. The van der Waals surface area contributed by atoms with Crippen LogP contribution in [0.25, 0.3) is 22.0 Å². The number of H-pyrrole nitrogens is 1. The molecule has 1 aromatic heterocycles. The van der Waals surface area contributed by atoms with E-state index in [1.165, 1.54) is 11.1 Å². The maximum Gasteiger partial charge on any atom is 0.162 e. The standard InChI is InChI=1S/C30H23N3/c1-19-11-15-21(16-12-19)27-23-7-3-5-9-25(23)29(31-27)33-30-26-10-6-4-8-24(26)28(32-30)22-17-13-20(2)14-18-22/h3-18,31H,1-2H3/b33-30+. The number of aryl methyl sites for hydroxylation is 2. The first kappa shape index (κ1) is 19.4. The van der Waals surface area contributed by atoms with Crippen LogP contribution in [-0.4, -0.2) is 16.5 Å². The highest BCUT2D eigenvalue weighted by molar-refractivity contribution is 6.29. The van der Waals surface area contributed by atoms with Crippen molar-refractivity contribution in [2.24, 2.45) is 9.98 Å². The Morgan fingerprint density at radius 3 is 1.88 bits per heavy atom. The second-order valence-corrected chi connectivity index (χ2v) is 8.57. The number of nitrogens with zero attached hydrogens (tertiary/aromatic N) is 2. The molecule has 1 N–H and O–H groups in total. The molecular formula is C30H23N3. The van der Waals surface area contributed by atoms with Gasteiger partial charge in [0.15, 0.2) is 5.84 Å². The number of aromatic amines is 1. The summed E-state index contributed by atoms with van der Waals surface area (Å²) in [5, 5.41) is 2.26. The van der Waals surface area contributed by atoms with E-state index in [2.05, 4.69) is 110 Å². The van der Waals surface area contributed by atoms with Gasteiger partial charge < -0.3 is 4.98 Å². The zero-order valence-corrected chi connectivity index (χ0v) is 18.6. The second-order valence-electron chi connectivity index (χ2n) is 8.57. The largest absolute Gasteiger partial charge is 0.339 e. The monoisotopic (exact) mass is 425 g/mol. The van der Waals surface area contributed by atoms with Crippen LogP contribution in [0, 0.1) is 13.8 Å². The van der Waals surface area contributed by atoms with Crippen LogP contribution in [-0.2, 0) is 0 Å². The van der Waals surface area contributed by atoms with Crippen LogP contribution in [0.5, 0.6) is 0 Å². The summed E-state index contributed by atoms with van der Waals surface area (Å²) in [6, 6.07) is 33.8. The van der Waals surface area contributed by atoms with Crippen molar-refractivity contribution in [1.29, 1.82) is 0 Å². The molecule has 0 saturated carbocycles. The predicted octanol–water partition coefficient (Wildman–Crippen LogP) is 7.38. The quantitative estimate of drug-likeness (QED) is 0.313. The molecule has 0 spiro atoms. The summed E-state index contributed by atoms with van der Waals surface area (Å²) in [5.74, 6) is 1.57. The number of fused-ring (bicyclic) bond motifs is 2. The van der Waals surface area contributed by atoms with Crippen molar-refractivity contribution in [3.05, 3.63) is 125 Å². The van der Waals surface area contributed by atoms with Gasteiger partial charge in [0.05, 0.1) is 11.4 Å². The van der Waals surface area contributed by atoms with Gasteiger partial charge in [-0.15, -0.1) is 0 Å². The van der Waals surface area contributed by atoms with E-state index in [-0.39, 0.29) is 0 Å². The van der Waals surface area contributed by atoms with Crippen molar-refractivity contribution in [1.82, 2.24) is 4.98 Å². The summed E-state index contributed by atoms with van der Waals surface area (Å²) in [4.78, 5) is 13.6. The molecule has 0 amide bonds. The first-order chi connectivity index (χ1) is 16.2. The predicted molar refractivity (Wildman–Crippen MR) is 138 cm³/mol. The Morgan fingerprint density at radius 1 is 0.606 bits per heavy atom. The molecule has 2 heterocycles. The lowest BCUT2D eigenvalue weighted by molar-refractivity contribution is 1.33. The van der Waals surface area contributed by atoms with Gasteiger partial charge in [-0.2, -0.15) is 0 Å². The summed E-state index contributed by atoms with van der Waals surface area (Å²) in [6.07, 6.45) is 0. The molecule has 158 valence electrons. The molecule has 33 heavy (non-hydrogen) atoms. The summed E-state index contributed by atoms with van der Waals surface area (Å²) >= 11 is 0. The van der Waals surface area contributed by atoms with E-state index in [1.54, 1.807) is 0 Å². The van der Waals surface area contributed by atoms with E-state index in [1.807, 2.05) is 6.07 Å². The molecule has 6 rings (SSSR count).